The van der Waals surface area contributed by atoms with E-state index in [0.29, 0.717) is 11.3 Å². The first-order chi connectivity index (χ1) is 13.5. The van der Waals surface area contributed by atoms with Crippen molar-refractivity contribution in [1.29, 1.82) is 0 Å². The summed E-state index contributed by atoms with van der Waals surface area (Å²) in [6.07, 6.45) is 0.192. The number of nitrogens with one attached hydrogen (secondary N) is 2. The fourth-order valence-corrected chi connectivity index (χ4v) is 2.63. The average molecular weight is 376 g/mol. The van der Waals surface area contributed by atoms with Gasteiger partial charge >= 0.3 is 0 Å². The van der Waals surface area contributed by atoms with Crippen molar-refractivity contribution in [2.45, 2.75) is 6.42 Å². The minimum absolute atomic E-state index is 0.133. The van der Waals surface area contributed by atoms with Crippen LogP contribution in [0.4, 0.5) is 11.4 Å². The number of aromatic hydroxyl groups is 1. The van der Waals surface area contributed by atoms with Crippen molar-refractivity contribution in [3.05, 3.63) is 83.9 Å². The molecule has 0 spiro atoms. The van der Waals surface area contributed by atoms with Gasteiger partial charge in [0.15, 0.2) is 0 Å². The van der Waals surface area contributed by atoms with Gasteiger partial charge in [-0.25, -0.2) is 0 Å². The summed E-state index contributed by atoms with van der Waals surface area (Å²) in [7, 11) is 1.58. The molecule has 0 radical (unpaired) electrons. The highest BCUT2D eigenvalue weighted by Crippen LogP contribution is 2.27. The normalized spacial score (nSPS) is 10.2. The molecule has 6 nitrogen and oxygen atoms in total. The van der Waals surface area contributed by atoms with Crippen LogP contribution in [-0.4, -0.2) is 24.0 Å². The zero-order valence-corrected chi connectivity index (χ0v) is 15.3. The fourth-order valence-electron chi connectivity index (χ4n) is 2.63. The van der Waals surface area contributed by atoms with Crippen molar-refractivity contribution in [2.75, 3.05) is 17.7 Å². The number of phenolic OH excluding ortho intramolecular Hbond substituents is 1. The summed E-state index contributed by atoms with van der Waals surface area (Å²) in [6.45, 7) is 0. The van der Waals surface area contributed by atoms with Crippen LogP contribution in [-0.2, 0) is 11.2 Å². The highest BCUT2D eigenvalue weighted by molar-refractivity contribution is 6.05. The number of phenols is 1. The van der Waals surface area contributed by atoms with E-state index in [0.717, 1.165) is 11.3 Å². The van der Waals surface area contributed by atoms with Crippen LogP contribution in [0.25, 0.3) is 0 Å². The van der Waals surface area contributed by atoms with Gasteiger partial charge in [-0.15, -0.1) is 0 Å². The summed E-state index contributed by atoms with van der Waals surface area (Å²) in [5.41, 5.74) is 2.03. The minimum atomic E-state index is -0.327. The average Bonchev–Trinajstić information content (AvgIpc) is 2.71. The Morgan fingerprint density at radius 3 is 2.29 bits per heavy atom. The Morgan fingerprint density at radius 2 is 1.64 bits per heavy atom. The number of anilines is 2. The molecule has 142 valence electrons. The molecule has 0 heterocycles. The molecule has 0 unspecified atom stereocenters. The van der Waals surface area contributed by atoms with E-state index in [1.807, 2.05) is 18.2 Å². The van der Waals surface area contributed by atoms with Crippen molar-refractivity contribution < 1.29 is 19.4 Å². The Bertz CT molecular complexity index is 970. The highest BCUT2D eigenvalue weighted by atomic mass is 16.5. The van der Waals surface area contributed by atoms with Gasteiger partial charge in [-0.05, 0) is 42.0 Å². The SMILES string of the molecule is COc1ccc(CC(=O)Nc2ccc(NC(=O)c3ccccc3)c(O)c2)cc1. The van der Waals surface area contributed by atoms with E-state index in [1.54, 1.807) is 55.6 Å². The predicted octanol–water partition coefficient (Wildman–Crippen LogP) is 3.83. The monoisotopic (exact) mass is 376 g/mol. The van der Waals surface area contributed by atoms with Gasteiger partial charge in [-0.2, -0.15) is 0 Å². The van der Waals surface area contributed by atoms with E-state index in [9.17, 15) is 14.7 Å². The molecule has 6 heteroatoms. The van der Waals surface area contributed by atoms with Crippen molar-refractivity contribution >= 4 is 23.2 Å². The van der Waals surface area contributed by atoms with Crippen LogP contribution in [0.2, 0.25) is 0 Å². The summed E-state index contributed by atoms with van der Waals surface area (Å²) >= 11 is 0. The molecule has 0 fully saturated rings. The third-order valence-electron chi connectivity index (χ3n) is 4.09. The Labute approximate surface area is 162 Å². The topological polar surface area (TPSA) is 87.7 Å². The summed E-state index contributed by atoms with van der Waals surface area (Å²) in [5, 5.41) is 15.5. The van der Waals surface area contributed by atoms with Crippen LogP contribution in [0.15, 0.2) is 72.8 Å². The van der Waals surface area contributed by atoms with Gasteiger partial charge in [-0.3, -0.25) is 9.59 Å². The maximum Gasteiger partial charge on any atom is 0.255 e. The van der Waals surface area contributed by atoms with Crippen LogP contribution in [0.5, 0.6) is 11.5 Å². The lowest BCUT2D eigenvalue weighted by molar-refractivity contribution is -0.115. The number of hydrogen-bond acceptors (Lipinski definition) is 4. The van der Waals surface area contributed by atoms with E-state index in [4.69, 9.17) is 4.74 Å². The van der Waals surface area contributed by atoms with Gasteiger partial charge in [0.1, 0.15) is 11.5 Å². The molecule has 0 saturated heterocycles. The van der Waals surface area contributed by atoms with E-state index in [1.165, 1.54) is 6.07 Å². The molecular weight excluding hydrogens is 356 g/mol. The van der Waals surface area contributed by atoms with Gasteiger partial charge in [-0.1, -0.05) is 30.3 Å². The molecule has 3 rings (SSSR count). The van der Waals surface area contributed by atoms with Crippen LogP contribution < -0.4 is 15.4 Å². The Balaban J connectivity index is 1.61. The van der Waals surface area contributed by atoms with Gasteiger partial charge in [0.2, 0.25) is 5.91 Å². The van der Waals surface area contributed by atoms with Crippen LogP contribution in [0, 0.1) is 0 Å². The molecule has 0 atom stereocenters. The minimum Gasteiger partial charge on any atom is -0.506 e. The smallest absolute Gasteiger partial charge is 0.255 e. The maximum absolute atomic E-state index is 12.2. The largest absolute Gasteiger partial charge is 0.506 e. The molecule has 0 saturated carbocycles. The van der Waals surface area contributed by atoms with Crippen molar-refractivity contribution in [3.63, 3.8) is 0 Å². The van der Waals surface area contributed by atoms with E-state index in [-0.39, 0.29) is 29.7 Å². The molecule has 0 aliphatic heterocycles. The van der Waals surface area contributed by atoms with Crippen LogP contribution in [0.3, 0.4) is 0 Å². The number of ether oxygens (including phenoxy) is 1. The summed E-state index contributed by atoms with van der Waals surface area (Å²) in [5.74, 6) is 0.0478. The molecule has 3 N–H and O–H groups in total. The summed E-state index contributed by atoms with van der Waals surface area (Å²) in [6, 6.07) is 20.5. The molecule has 3 aromatic rings. The van der Waals surface area contributed by atoms with Crippen molar-refractivity contribution in [2.24, 2.45) is 0 Å². The second-order valence-corrected chi connectivity index (χ2v) is 6.13. The molecule has 3 aromatic carbocycles. The maximum atomic E-state index is 12.2. The van der Waals surface area contributed by atoms with Crippen molar-refractivity contribution in [3.8, 4) is 11.5 Å². The van der Waals surface area contributed by atoms with Gasteiger partial charge in [0, 0.05) is 17.3 Å². The molecule has 0 bridgehead atoms. The number of amides is 2. The Hall–Kier alpha value is -3.80. The first kappa shape index (κ1) is 19.0. The predicted molar refractivity (Wildman–Crippen MR) is 108 cm³/mol. The van der Waals surface area contributed by atoms with E-state index < -0.39 is 0 Å². The second-order valence-electron chi connectivity index (χ2n) is 6.13. The lowest BCUT2D eigenvalue weighted by atomic mass is 10.1. The number of rotatable bonds is 6. The molecular formula is C22H20N2O4. The van der Waals surface area contributed by atoms with Gasteiger partial charge in [0.05, 0.1) is 19.2 Å². The molecule has 0 aliphatic carbocycles. The zero-order valence-electron chi connectivity index (χ0n) is 15.3. The number of carbonyl (C=O) groups is 2. The number of hydrogen-bond donors (Lipinski definition) is 3. The lowest BCUT2D eigenvalue weighted by Crippen LogP contribution is -2.15. The van der Waals surface area contributed by atoms with Crippen LogP contribution in [0.1, 0.15) is 15.9 Å². The molecule has 0 aliphatic rings. The number of carbonyl (C=O) groups excluding carboxylic acids is 2. The Kier molecular flexibility index (Phi) is 5.91. The fraction of sp³-hybridized carbons (Fsp3) is 0.0909. The van der Waals surface area contributed by atoms with E-state index >= 15 is 0 Å². The first-order valence-electron chi connectivity index (χ1n) is 8.67. The molecule has 28 heavy (non-hydrogen) atoms. The van der Waals surface area contributed by atoms with Gasteiger partial charge < -0.3 is 20.5 Å². The quantitative estimate of drug-likeness (QED) is 0.571. The zero-order chi connectivity index (χ0) is 19.9. The number of benzene rings is 3. The number of methoxy groups -OCH3 is 1. The highest BCUT2D eigenvalue weighted by Gasteiger charge is 2.10. The standard InChI is InChI=1S/C22H20N2O4/c1-28-18-10-7-15(8-11-18)13-21(26)23-17-9-12-19(20(25)14-17)24-22(27)16-5-3-2-4-6-16/h2-12,14,25H,13H2,1H3,(H,23,26)(H,24,27). The Morgan fingerprint density at radius 1 is 0.929 bits per heavy atom. The summed E-state index contributed by atoms with van der Waals surface area (Å²) in [4.78, 5) is 24.4. The first-order valence-corrected chi connectivity index (χ1v) is 8.67. The molecule has 0 aromatic heterocycles. The third-order valence-corrected chi connectivity index (χ3v) is 4.09. The van der Waals surface area contributed by atoms with Crippen molar-refractivity contribution in [1.82, 2.24) is 0 Å². The van der Waals surface area contributed by atoms with E-state index in [2.05, 4.69) is 10.6 Å². The second kappa shape index (κ2) is 8.73. The van der Waals surface area contributed by atoms with Crippen LogP contribution >= 0.6 is 0 Å². The third kappa shape index (κ3) is 4.88. The lowest BCUT2D eigenvalue weighted by Gasteiger charge is -2.10. The summed E-state index contributed by atoms with van der Waals surface area (Å²) < 4.78 is 5.09. The molecule has 2 amide bonds. The van der Waals surface area contributed by atoms with Gasteiger partial charge in [0.25, 0.3) is 5.91 Å².